The summed E-state index contributed by atoms with van der Waals surface area (Å²) in [7, 11) is 0. The fourth-order valence-corrected chi connectivity index (χ4v) is 3.83. The maximum absolute atomic E-state index is 11.1. The van der Waals surface area contributed by atoms with E-state index in [0.717, 1.165) is 13.1 Å². The fourth-order valence-electron chi connectivity index (χ4n) is 3.83. The van der Waals surface area contributed by atoms with Crippen LogP contribution >= 0.6 is 0 Å². The van der Waals surface area contributed by atoms with Gasteiger partial charge in [-0.25, -0.2) is 0 Å². The van der Waals surface area contributed by atoms with Crippen molar-refractivity contribution >= 4 is 5.97 Å². The molecule has 0 bridgehead atoms. The quantitative estimate of drug-likeness (QED) is 0.209. The standard InChI is InChI=1S/C24H49NO2/c1-4-6-8-10-12-14-16-18-20-25(23(3)22-24(26)27)21-19-17-15-13-11-9-7-5-2/h23H,4-22H2,1-3H3,(H,26,27). The van der Waals surface area contributed by atoms with Gasteiger partial charge >= 0.3 is 5.97 Å². The molecule has 3 heteroatoms. The highest BCUT2D eigenvalue weighted by molar-refractivity contribution is 5.67. The molecule has 0 spiro atoms. The van der Waals surface area contributed by atoms with E-state index in [1.165, 1.54) is 103 Å². The largest absolute Gasteiger partial charge is 0.481 e. The lowest BCUT2D eigenvalue weighted by atomic mass is 10.1. The van der Waals surface area contributed by atoms with Gasteiger partial charge in [0, 0.05) is 6.04 Å². The van der Waals surface area contributed by atoms with E-state index < -0.39 is 5.97 Å². The molecule has 0 aromatic heterocycles. The third kappa shape index (κ3) is 18.6. The third-order valence-electron chi connectivity index (χ3n) is 5.69. The number of hydrogen-bond donors (Lipinski definition) is 1. The molecule has 0 heterocycles. The molecule has 1 N–H and O–H groups in total. The highest BCUT2D eigenvalue weighted by Gasteiger charge is 2.16. The van der Waals surface area contributed by atoms with Gasteiger partial charge in [0.25, 0.3) is 0 Å². The van der Waals surface area contributed by atoms with Crippen LogP contribution in [0.2, 0.25) is 0 Å². The number of rotatable bonds is 21. The average molecular weight is 384 g/mol. The van der Waals surface area contributed by atoms with Crippen molar-refractivity contribution in [2.24, 2.45) is 0 Å². The summed E-state index contributed by atoms with van der Waals surface area (Å²) < 4.78 is 0. The zero-order valence-corrected chi connectivity index (χ0v) is 18.8. The maximum atomic E-state index is 11.1. The number of nitrogens with zero attached hydrogens (tertiary/aromatic N) is 1. The van der Waals surface area contributed by atoms with Crippen LogP contribution in [-0.2, 0) is 4.79 Å². The van der Waals surface area contributed by atoms with E-state index in [1.807, 2.05) is 0 Å². The van der Waals surface area contributed by atoms with Crippen molar-refractivity contribution < 1.29 is 9.90 Å². The van der Waals surface area contributed by atoms with E-state index in [4.69, 9.17) is 5.11 Å². The molecule has 1 unspecified atom stereocenters. The Hall–Kier alpha value is -0.570. The lowest BCUT2D eigenvalue weighted by Gasteiger charge is -2.28. The fraction of sp³-hybridized carbons (Fsp3) is 0.958. The van der Waals surface area contributed by atoms with Gasteiger partial charge in [0.15, 0.2) is 0 Å². The van der Waals surface area contributed by atoms with Gasteiger partial charge in [-0.1, -0.05) is 104 Å². The van der Waals surface area contributed by atoms with Crippen LogP contribution in [0, 0.1) is 0 Å². The Morgan fingerprint density at radius 1 is 0.667 bits per heavy atom. The first-order valence-corrected chi connectivity index (χ1v) is 12.1. The van der Waals surface area contributed by atoms with E-state index in [9.17, 15) is 4.79 Å². The van der Waals surface area contributed by atoms with Gasteiger partial charge in [0.1, 0.15) is 0 Å². The van der Waals surface area contributed by atoms with Crippen molar-refractivity contribution in [1.82, 2.24) is 4.90 Å². The van der Waals surface area contributed by atoms with Crippen LogP contribution < -0.4 is 0 Å². The molecule has 27 heavy (non-hydrogen) atoms. The molecular formula is C24H49NO2. The van der Waals surface area contributed by atoms with Crippen molar-refractivity contribution in [3.8, 4) is 0 Å². The van der Waals surface area contributed by atoms with Crippen LogP contribution in [0.4, 0.5) is 0 Å². The minimum Gasteiger partial charge on any atom is -0.481 e. The number of carboxylic acid groups (broad SMARTS) is 1. The highest BCUT2D eigenvalue weighted by Crippen LogP contribution is 2.13. The van der Waals surface area contributed by atoms with Crippen molar-refractivity contribution in [3.05, 3.63) is 0 Å². The van der Waals surface area contributed by atoms with Gasteiger partial charge in [-0.15, -0.1) is 0 Å². The molecule has 0 fully saturated rings. The summed E-state index contributed by atoms with van der Waals surface area (Å²) in [6, 6.07) is 0.164. The molecule has 0 saturated heterocycles. The second-order valence-electron chi connectivity index (χ2n) is 8.43. The lowest BCUT2D eigenvalue weighted by molar-refractivity contribution is -0.138. The molecule has 0 saturated carbocycles. The Balaban J connectivity index is 3.89. The Morgan fingerprint density at radius 3 is 1.33 bits per heavy atom. The number of hydrogen-bond acceptors (Lipinski definition) is 2. The Bertz CT molecular complexity index is 300. The van der Waals surface area contributed by atoms with E-state index in [0.29, 0.717) is 0 Å². The van der Waals surface area contributed by atoms with E-state index in [2.05, 4.69) is 25.7 Å². The lowest BCUT2D eigenvalue weighted by Crippen LogP contribution is -2.36. The second-order valence-corrected chi connectivity index (χ2v) is 8.43. The molecule has 0 rings (SSSR count). The van der Waals surface area contributed by atoms with E-state index in [1.54, 1.807) is 0 Å². The smallest absolute Gasteiger partial charge is 0.304 e. The topological polar surface area (TPSA) is 40.5 Å². The minimum atomic E-state index is -0.667. The SMILES string of the molecule is CCCCCCCCCCN(CCCCCCCCCC)C(C)CC(=O)O. The molecular weight excluding hydrogens is 334 g/mol. The van der Waals surface area contributed by atoms with Crippen molar-refractivity contribution in [1.29, 1.82) is 0 Å². The van der Waals surface area contributed by atoms with E-state index >= 15 is 0 Å². The second kappa shape index (κ2) is 20.2. The summed E-state index contributed by atoms with van der Waals surface area (Å²) in [4.78, 5) is 13.5. The minimum absolute atomic E-state index is 0.164. The zero-order valence-electron chi connectivity index (χ0n) is 18.8. The summed E-state index contributed by atoms with van der Waals surface area (Å²) >= 11 is 0. The van der Waals surface area contributed by atoms with Gasteiger partial charge in [-0.3, -0.25) is 4.79 Å². The van der Waals surface area contributed by atoms with Gasteiger partial charge in [-0.2, -0.15) is 0 Å². The number of carboxylic acids is 1. The Kier molecular flexibility index (Phi) is 19.7. The molecule has 0 aliphatic carbocycles. The first kappa shape index (κ1) is 26.4. The zero-order chi connectivity index (χ0) is 20.2. The van der Waals surface area contributed by atoms with Crippen LogP contribution in [0.1, 0.15) is 130 Å². The monoisotopic (exact) mass is 383 g/mol. The molecule has 0 aromatic rings. The normalized spacial score (nSPS) is 12.6. The van der Waals surface area contributed by atoms with Crippen LogP contribution in [0.5, 0.6) is 0 Å². The Labute approximate surface area is 170 Å². The first-order chi connectivity index (χ1) is 13.1. The number of unbranched alkanes of at least 4 members (excludes halogenated alkanes) is 14. The van der Waals surface area contributed by atoms with Crippen LogP contribution in [0.3, 0.4) is 0 Å². The average Bonchev–Trinajstić information content (AvgIpc) is 2.63. The van der Waals surface area contributed by atoms with Crippen LogP contribution in [0.25, 0.3) is 0 Å². The summed E-state index contributed by atoms with van der Waals surface area (Å²) in [5, 5.41) is 9.13. The molecule has 0 aliphatic rings. The third-order valence-corrected chi connectivity index (χ3v) is 5.69. The predicted octanol–water partition coefficient (Wildman–Crippen LogP) is 7.43. The molecule has 0 aromatic carbocycles. The summed E-state index contributed by atoms with van der Waals surface area (Å²) in [5.74, 6) is -0.667. The van der Waals surface area contributed by atoms with E-state index in [-0.39, 0.29) is 12.5 Å². The maximum Gasteiger partial charge on any atom is 0.304 e. The molecule has 0 amide bonds. The van der Waals surface area contributed by atoms with Crippen LogP contribution in [0.15, 0.2) is 0 Å². The van der Waals surface area contributed by atoms with Gasteiger partial charge in [0.05, 0.1) is 6.42 Å². The van der Waals surface area contributed by atoms with Crippen molar-refractivity contribution in [2.75, 3.05) is 13.1 Å². The predicted molar refractivity (Wildman–Crippen MR) is 119 cm³/mol. The number of carbonyl (C=O) groups is 1. The summed E-state index contributed by atoms with van der Waals surface area (Å²) in [6.07, 6.45) is 21.6. The first-order valence-electron chi connectivity index (χ1n) is 12.1. The van der Waals surface area contributed by atoms with Crippen molar-refractivity contribution in [2.45, 2.75) is 136 Å². The molecule has 3 nitrogen and oxygen atoms in total. The molecule has 162 valence electrons. The van der Waals surface area contributed by atoms with Crippen molar-refractivity contribution in [3.63, 3.8) is 0 Å². The van der Waals surface area contributed by atoms with Crippen LogP contribution in [-0.4, -0.2) is 35.1 Å². The molecule has 1 atom stereocenters. The summed E-state index contributed by atoms with van der Waals surface area (Å²) in [5.41, 5.74) is 0. The van der Waals surface area contributed by atoms with Gasteiger partial charge in [-0.05, 0) is 32.9 Å². The Morgan fingerprint density at radius 2 is 1.00 bits per heavy atom. The molecule has 0 aliphatic heterocycles. The van der Waals surface area contributed by atoms with Gasteiger partial charge in [0.2, 0.25) is 0 Å². The summed E-state index contributed by atoms with van der Waals surface area (Å²) in [6.45, 7) is 8.75. The van der Waals surface area contributed by atoms with Gasteiger partial charge < -0.3 is 10.0 Å². The molecule has 0 radical (unpaired) electrons. The number of aliphatic carboxylic acids is 1. The highest BCUT2D eigenvalue weighted by atomic mass is 16.4.